The van der Waals surface area contributed by atoms with Crippen LogP contribution in [0.25, 0.3) is 10.2 Å². The number of esters is 1. The summed E-state index contributed by atoms with van der Waals surface area (Å²) >= 11 is 1.09. The van der Waals surface area contributed by atoms with Gasteiger partial charge in [-0.15, -0.1) is 11.3 Å². The molecule has 0 spiro atoms. The summed E-state index contributed by atoms with van der Waals surface area (Å²) in [5.41, 5.74) is 0.469. The number of aryl methyl sites for hydroxylation is 3. The first-order valence-electron chi connectivity index (χ1n) is 9.63. The lowest BCUT2D eigenvalue weighted by atomic mass is 10.1. The molecule has 0 amide bonds. The lowest BCUT2D eigenvalue weighted by Crippen LogP contribution is -2.40. The lowest BCUT2D eigenvalue weighted by Gasteiger charge is -2.11. The smallest absolute Gasteiger partial charge is 0.348 e. The van der Waals surface area contributed by atoms with Gasteiger partial charge in [-0.1, -0.05) is 35.4 Å². The fourth-order valence-corrected chi connectivity index (χ4v) is 4.57. The molecule has 3 aromatic heterocycles. The van der Waals surface area contributed by atoms with Crippen LogP contribution in [0.15, 0.2) is 44.4 Å². The van der Waals surface area contributed by atoms with Crippen LogP contribution in [-0.2, 0) is 24.2 Å². The average molecular weight is 441 g/mol. The van der Waals surface area contributed by atoms with E-state index in [0.717, 1.165) is 21.5 Å². The molecule has 0 N–H and O–H groups in total. The van der Waals surface area contributed by atoms with Crippen molar-refractivity contribution in [3.05, 3.63) is 73.1 Å². The van der Waals surface area contributed by atoms with Crippen molar-refractivity contribution in [2.45, 2.75) is 33.4 Å². The van der Waals surface area contributed by atoms with Crippen molar-refractivity contribution in [2.24, 2.45) is 0 Å². The number of nitrogens with zero attached hydrogens (tertiary/aromatic N) is 5. The highest BCUT2D eigenvalue weighted by molar-refractivity contribution is 7.20. The fourth-order valence-electron chi connectivity index (χ4n) is 3.36. The predicted molar refractivity (Wildman–Crippen MR) is 112 cm³/mol. The van der Waals surface area contributed by atoms with Gasteiger partial charge in [-0.05, 0) is 36.6 Å². The van der Waals surface area contributed by atoms with Crippen LogP contribution in [0.3, 0.4) is 0 Å². The third-order valence-corrected chi connectivity index (χ3v) is 6.15. The van der Waals surface area contributed by atoms with Crippen LogP contribution in [0.4, 0.5) is 0 Å². The number of hydrogen-bond acceptors (Lipinski definition) is 9. The summed E-state index contributed by atoms with van der Waals surface area (Å²) in [4.78, 5) is 39.6. The summed E-state index contributed by atoms with van der Waals surface area (Å²) < 4.78 is 12.5. The van der Waals surface area contributed by atoms with Crippen molar-refractivity contribution >= 4 is 27.5 Å². The summed E-state index contributed by atoms with van der Waals surface area (Å²) in [6.07, 6.45) is 0.571. The summed E-state index contributed by atoms with van der Waals surface area (Å²) in [7, 11) is 0. The molecule has 0 saturated heterocycles. The van der Waals surface area contributed by atoms with Gasteiger partial charge in [0, 0.05) is 6.54 Å². The number of rotatable bonds is 7. The molecule has 4 aromatic rings. The topological polar surface area (TPSA) is 122 Å². The highest BCUT2D eigenvalue weighted by atomic mass is 32.1. The van der Waals surface area contributed by atoms with Crippen molar-refractivity contribution < 1.29 is 14.1 Å². The minimum atomic E-state index is -0.529. The number of ether oxygens (including phenoxy) is 1. The van der Waals surface area contributed by atoms with Crippen molar-refractivity contribution in [1.82, 2.24) is 24.7 Å². The van der Waals surface area contributed by atoms with Crippen molar-refractivity contribution in [1.29, 1.82) is 0 Å². The molecule has 0 aliphatic carbocycles. The maximum absolute atomic E-state index is 13.3. The number of carbonyl (C=O) groups is 1. The minimum Gasteiger partial charge on any atom is -0.462 e. The van der Waals surface area contributed by atoms with E-state index in [0.29, 0.717) is 33.6 Å². The Morgan fingerprint density at radius 2 is 1.97 bits per heavy atom. The van der Waals surface area contributed by atoms with Gasteiger partial charge in [0.05, 0.1) is 17.3 Å². The zero-order valence-electron chi connectivity index (χ0n) is 16.9. The van der Waals surface area contributed by atoms with E-state index in [4.69, 9.17) is 9.26 Å². The molecule has 0 saturated carbocycles. The molecule has 4 rings (SSSR count). The molecular weight excluding hydrogens is 422 g/mol. The standard InChI is InChI=1S/C20H19N5O5S/c1-3-29-19(27)16-12(2)15-17(26)25(11-14-21-22-23-30-14)20(28)24(18(15)31-16)10-9-13-7-5-4-6-8-13/h4-8H,3,9-11H2,1-2H3. The average Bonchev–Trinajstić information content (AvgIpc) is 3.40. The number of fused-ring (bicyclic) bond motifs is 1. The summed E-state index contributed by atoms with van der Waals surface area (Å²) in [6, 6.07) is 9.69. The number of hydrogen-bond donors (Lipinski definition) is 0. The number of benzene rings is 1. The Kier molecular flexibility index (Phi) is 5.76. The number of aromatic nitrogens is 5. The SMILES string of the molecule is CCOC(=O)c1sc2c(c1C)c(=O)n(Cc1nnno1)c(=O)n2CCc1ccccc1. The van der Waals surface area contributed by atoms with E-state index >= 15 is 0 Å². The van der Waals surface area contributed by atoms with Crippen LogP contribution in [-0.4, -0.2) is 37.3 Å². The highest BCUT2D eigenvalue weighted by Crippen LogP contribution is 2.28. The Morgan fingerprint density at radius 3 is 2.65 bits per heavy atom. The number of thiophene rings is 1. The van der Waals surface area contributed by atoms with Crippen molar-refractivity contribution in [2.75, 3.05) is 6.61 Å². The molecule has 0 aliphatic heterocycles. The Morgan fingerprint density at radius 1 is 1.19 bits per heavy atom. The third-order valence-electron chi connectivity index (χ3n) is 4.85. The third kappa shape index (κ3) is 3.91. The van der Waals surface area contributed by atoms with Gasteiger partial charge in [-0.2, -0.15) is 0 Å². The summed E-state index contributed by atoms with van der Waals surface area (Å²) in [5, 5.41) is 10.6. The van der Waals surface area contributed by atoms with Gasteiger partial charge in [-0.3, -0.25) is 13.9 Å². The molecule has 3 heterocycles. The largest absolute Gasteiger partial charge is 0.462 e. The van der Waals surface area contributed by atoms with Gasteiger partial charge < -0.3 is 9.26 Å². The Labute approximate surface area is 179 Å². The molecule has 160 valence electrons. The highest BCUT2D eigenvalue weighted by Gasteiger charge is 2.24. The van der Waals surface area contributed by atoms with Gasteiger partial charge in [0.2, 0.25) is 0 Å². The Bertz CT molecular complexity index is 1340. The van der Waals surface area contributed by atoms with E-state index in [9.17, 15) is 14.4 Å². The molecule has 11 heteroatoms. The normalized spacial score (nSPS) is 11.2. The maximum Gasteiger partial charge on any atom is 0.348 e. The first-order chi connectivity index (χ1) is 15.0. The van der Waals surface area contributed by atoms with Gasteiger partial charge in [-0.25, -0.2) is 9.59 Å². The van der Waals surface area contributed by atoms with E-state index in [1.54, 1.807) is 13.8 Å². The van der Waals surface area contributed by atoms with Crippen molar-refractivity contribution in [3.8, 4) is 0 Å². The lowest BCUT2D eigenvalue weighted by molar-refractivity contribution is 0.0531. The minimum absolute atomic E-state index is 0.0339. The molecule has 0 bridgehead atoms. The molecule has 0 atom stereocenters. The van der Waals surface area contributed by atoms with Crippen LogP contribution < -0.4 is 11.2 Å². The van der Waals surface area contributed by atoms with Crippen LogP contribution >= 0.6 is 11.3 Å². The van der Waals surface area contributed by atoms with Crippen LogP contribution in [0.1, 0.15) is 33.6 Å². The monoisotopic (exact) mass is 441 g/mol. The van der Waals surface area contributed by atoms with Gasteiger partial charge in [0.15, 0.2) is 0 Å². The van der Waals surface area contributed by atoms with E-state index < -0.39 is 17.2 Å². The van der Waals surface area contributed by atoms with Crippen LogP contribution in [0.5, 0.6) is 0 Å². The second-order valence-corrected chi connectivity index (χ2v) is 7.77. The predicted octanol–water partition coefficient (Wildman–Crippen LogP) is 1.78. The summed E-state index contributed by atoms with van der Waals surface area (Å²) in [6.45, 7) is 3.71. The second-order valence-electron chi connectivity index (χ2n) is 6.77. The quantitative estimate of drug-likeness (QED) is 0.398. The van der Waals surface area contributed by atoms with Crippen LogP contribution in [0.2, 0.25) is 0 Å². The molecule has 0 unspecified atom stereocenters. The number of carbonyl (C=O) groups excluding carboxylic acids is 1. The van der Waals surface area contributed by atoms with Gasteiger partial charge >= 0.3 is 11.7 Å². The van der Waals surface area contributed by atoms with Gasteiger partial charge in [0.25, 0.3) is 11.4 Å². The van der Waals surface area contributed by atoms with Gasteiger partial charge in [0.1, 0.15) is 16.3 Å². The van der Waals surface area contributed by atoms with E-state index in [1.807, 2.05) is 30.3 Å². The molecular formula is C20H19N5O5S. The summed E-state index contributed by atoms with van der Waals surface area (Å²) in [5.74, 6) is -0.484. The Hall–Kier alpha value is -3.60. The molecule has 0 radical (unpaired) electrons. The maximum atomic E-state index is 13.3. The van der Waals surface area contributed by atoms with E-state index in [1.165, 1.54) is 4.57 Å². The van der Waals surface area contributed by atoms with E-state index in [2.05, 4.69) is 15.6 Å². The van der Waals surface area contributed by atoms with Crippen molar-refractivity contribution in [3.63, 3.8) is 0 Å². The fraction of sp³-hybridized carbons (Fsp3) is 0.300. The zero-order chi connectivity index (χ0) is 22.0. The zero-order valence-corrected chi connectivity index (χ0v) is 17.7. The van der Waals surface area contributed by atoms with E-state index in [-0.39, 0.29) is 19.0 Å². The molecule has 1 aromatic carbocycles. The molecule has 0 fully saturated rings. The second kappa shape index (κ2) is 8.64. The molecule has 31 heavy (non-hydrogen) atoms. The molecule has 0 aliphatic rings. The van der Waals surface area contributed by atoms with Crippen LogP contribution in [0, 0.1) is 6.92 Å². The first-order valence-corrected chi connectivity index (χ1v) is 10.4. The first kappa shape index (κ1) is 20.7. The Balaban J connectivity index is 1.89. The molecule has 10 nitrogen and oxygen atoms in total.